The molecule has 1 aliphatic rings. The second-order valence-electron chi connectivity index (χ2n) is 8.10. The molecule has 0 spiro atoms. The van der Waals surface area contributed by atoms with E-state index in [1.807, 2.05) is 24.3 Å². The highest BCUT2D eigenvalue weighted by molar-refractivity contribution is 5.79. The van der Waals surface area contributed by atoms with Gasteiger partial charge in [-0.15, -0.1) is 0 Å². The van der Waals surface area contributed by atoms with Gasteiger partial charge in [-0.1, -0.05) is 55.4 Å². The number of hydrogen-bond acceptors (Lipinski definition) is 4. The van der Waals surface area contributed by atoms with Crippen molar-refractivity contribution in [2.45, 2.75) is 44.8 Å². The Morgan fingerprint density at radius 2 is 1.77 bits per heavy atom. The minimum atomic E-state index is -4.38. The number of carbonyl (C=O) groups is 1. The first-order valence-electron chi connectivity index (χ1n) is 10.1. The molecule has 1 aromatic heterocycles. The fourth-order valence-electron chi connectivity index (χ4n) is 3.65. The van der Waals surface area contributed by atoms with E-state index >= 15 is 0 Å². The van der Waals surface area contributed by atoms with Crippen LogP contribution in [-0.4, -0.2) is 27.5 Å². The van der Waals surface area contributed by atoms with Gasteiger partial charge >= 0.3 is 6.18 Å². The lowest BCUT2D eigenvalue weighted by atomic mass is 10.0. The maximum Gasteiger partial charge on any atom is 0.416 e. The minimum Gasteiger partial charge on any atom is -0.339 e. The number of rotatable bonds is 5. The second kappa shape index (κ2) is 8.17. The quantitative estimate of drug-likeness (QED) is 0.545. The van der Waals surface area contributed by atoms with Crippen LogP contribution in [-0.2, 0) is 17.5 Å². The van der Waals surface area contributed by atoms with E-state index in [1.54, 1.807) is 4.90 Å². The van der Waals surface area contributed by atoms with Gasteiger partial charge in [-0.3, -0.25) is 4.79 Å². The Labute approximate surface area is 177 Å². The van der Waals surface area contributed by atoms with Gasteiger partial charge in [0.05, 0.1) is 11.5 Å². The summed E-state index contributed by atoms with van der Waals surface area (Å²) >= 11 is 0. The first-order valence-corrected chi connectivity index (χ1v) is 10.1. The lowest BCUT2D eigenvalue weighted by Gasteiger charge is -2.16. The summed E-state index contributed by atoms with van der Waals surface area (Å²) in [7, 11) is 0. The van der Waals surface area contributed by atoms with Crippen LogP contribution in [0, 0.1) is 0 Å². The predicted molar refractivity (Wildman–Crippen MR) is 108 cm³/mol. The van der Waals surface area contributed by atoms with Crippen molar-refractivity contribution in [2.24, 2.45) is 0 Å². The normalized spacial score (nSPS) is 17.0. The van der Waals surface area contributed by atoms with Gasteiger partial charge < -0.3 is 9.42 Å². The molecular weight excluding hydrogens is 407 g/mol. The molecule has 1 saturated heterocycles. The van der Waals surface area contributed by atoms with E-state index < -0.39 is 11.7 Å². The Morgan fingerprint density at radius 3 is 2.39 bits per heavy atom. The summed E-state index contributed by atoms with van der Waals surface area (Å²) in [6.07, 6.45) is -4.15. The van der Waals surface area contributed by atoms with Gasteiger partial charge in [0.15, 0.2) is 0 Å². The molecule has 2 aromatic carbocycles. The highest BCUT2D eigenvalue weighted by Crippen LogP contribution is 2.32. The molecular formula is C23H22F3N3O2. The molecule has 5 nitrogen and oxygen atoms in total. The number of hydrogen-bond donors (Lipinski definition) is 0. The number of aromatic nitrogens is 2. The Kier molecular flexibility index (Phi) is 5.56. The van der Waals surface area contributed by atoms with Crippen molar-refractivity contribution < 1.29 is 22.5 Å². The maximum atomic E-state index is 12.7. The topological polar surface area (TPSA) is 59.2 Å². The first kappa shape index (κ1) is 21.1. The monoisotopic (exact) mass is 429 g/mol. The molecule has 2 heterocycles. The molecule has 0 aliphatic carbocycles. The van der Waals surface area contributed by atoms with Crippen molar-refractivity contribution in [3.05, 3.63) is 71.1 Å². The fraction of sp³-hybridized carbons (Fsp3) is 0.348. The molecule has 162 valence electrons. The smallest absolute Gasteiger partial charge is 0.339 e. The summed E-state index contributed by atoms with van der Waals surface area (Å²) in [5, 5.41) is 4.05. The van der Waals surface area contributed by atoms with Crippen LogP contribution in [0.5, 0.6) is 0 Å². The zero-order valence-corrected chi connectivity index (χ0v) is 17.2. The number of halogens is 3. The molecule has 1 aliphatic heterocycles. The van der Waals surface area contributed by atoms with Crippen LogP contribution in [0.1, 0.15) is 54.7 Å². The van der Waals surface area contributed by atoms with Gasteiger partial charge in [-0.25, -0.2) is 0 Å². The summed E-state index contributed by atoms with van der Waals surface area (Å²) in [4.78, 5) is 18.5. The predicted octanol–water partition coefficient (Wildman–Crippen LogP) is 5.39. The third-order valence-electron chi connectivity index (χ3n) is 5.50. The van der Waals surface area contributed by atoms with E-state index in [9.17, 15) is 18.0 Å². The SMILES string of the molecule is CC(C)c1ccc(-c2noc(C3CC(=O)N(Cc4ccc(C(F)(F)F)cc4)C3)n2)cc1. The van der Waals surface area contributed by atoms with Crippen LogP contribution in [0.2, 0.25) is 0 Å². The molecule has 1 amide bonds. The average Bonchev–Trinajstić information content (AvgIpc) is 3.35. The Morgan fingerprint density at radius 1 is 1.10 bits per heavy atom. The fourth-order valence-corrected chi connectivity index (χ4v) is 3.65. The van der Waals surface area contributed by atoms with E-state index in [1.165, 1.54) is 17.7 Å². The van der Waals surface area contributed by atoms with Gasteiger partial charge in [0, 0.05) is 25.1 Å². The molecule has 4 rings (SSSR count). The van der Waals surface area contributed by atoms with Crippen molar-refractivity contribution >= 4 is 5.91 Å². The second-order valence-corrected chi connectivity index (χ2v) is 8.10. The third-order valence-corrected chi connectivity index (χ3v) is 5.50. The van der Waals surface area contributed by atoms with Gasteiger partial charge in [0.2, 0.25) is 17.6 Å². The molecule has 1 atom stereocenters. The third kappa shape index (κ3) is 4.62. The van der Waals surface area contributed by atoms with E-state index in [0.29, 0.717) is 29.7 Å². The Hall–Kier alpha value is -3.16. The highest BCUT2D eigenvalue weighted by Gasteiger charge is 2.35. The number of amides is 1. The van der Waals surface area contributed by atoms with E-state index in [2.05, 4.69) is 24.0 Å². The van der Waals surface area contributed by atoms with Crippen LogP contribution in [0.4, 0.5) is 13.2 Å². The average molecular weight is 429 g/mol. The van der Waals surface area contributed by atoms with Crippen molar-refractivity contribution in [1.29, 1.82) is 0 Å². The number of nitrogens with zero attached hydrogens (tertiary/aromatic N) is 3. The van der Waals surface area contributed by atoms with Gasteiger partial charge in [-0.05, 0) is 29.2 Å². The molecule has 3 aromatic rings. The van der Waals surface area contributed by atoms with Gasteiger partial charge in [0.25, 0.3) is 0 Å². The highest BCUT2D eigenvalue weighted by atomic mass is 19.4. The molecule has 0 radical (unpaired) electrons. The van der Waals surface area contributed by atoms with Crippen molar-refractivity contribution in [2.75, 3.05) is 6.54 Å². The largest absolute Gasteiger partial charge is 0.416 e. The minimum absolute atomic E-state index is 0.0917. The zero-order valence-electron chi connectivity index (χ0n) is 17.2. The van der Waals surface area contributed by atoms with E-state index in [0.717, 1.165) is 17.7 Å². The van der Waals surface area contributed by atoms with Crippen LogP contribution < -0.4 is 0 Å². The molecule has 31 heavy (non-hydrogen) atoms. The standard InChI is InChI=1S/C23H22F3N3O2/c1-14(2)16-5-7-17(8-6-16)21-27-22(31-28-21)18-11-20(30)29(13-18)12-15-3-9-19(10-4-15)23(24,25)26/h3-10,14,18H,11-13H2,1-2H3. The number of carbonyl (C=O) groups excluding carboxylic acids is 1. The molecule has 0 N–H and O–H groups in total. The molecule has 0 saturated carbocycles. The van der Waals surface area contributed by atoms with E-state index in [-0.39, 0.29) is 24.8 Å². The Bertz CT molecular complexity index is 1060. The summed E-state index contributed by atoms with van der Waals surface area (Å²) in [5.41, 5.74) is 1.98. The van der Waals surface area contributed by atoms with E-state index in [4.69, 9.17) is 4.52 Å². The number of alkyl halides is 3. The van der Waals surface area contributed by atoms with Crippen molar-refractivity contribution in [1.82, 2.24) is 15.0 Å². The maximum absolute atomic E-state index is 12.7. The van der Waals surface area contributed by atoms with Crippen LogP contribution >= 0.6 is 0 Å². The Balaban J connectivity index is 1.42. The van der Waals surface area contributed by atoms with Crippen LogP contribution in [0.25, 0.3) is 11.4 Å². The van der Waals surface area contributed by atoms with Crippen LogP contribution in [0.15, 0.2) is 53.1 Å². The summed E-state index contributed by atoms with van der Waals surface area (Å²) in [6.45, 7) is 4.86. The van der Waals surface area contributed by atoms with Gasteiger partial charge in [-0.2, -0.15) is 18.2 Å². The lowest BCUT2D eigenvalue weighted by Crippen LogP contribution is -2.24. The lowest BCUT2D eigenvalue weighted by molar-refractivity contribution is -0.137. The zero-order chi connectivity index (χ0) is 22.2. The summed E-state index contributed by atoms with van der Waals surface area (Å²) in [6, 6.07) is 12.8. The first-order chi connectivity index (χ1) is 14.7. The molecule has 8 heteroatoms. The van der Waals surface area contributed by atoms with Crippen molar-refractivity contribution in [3.63, 3.8) is 0 Å². The van der Waals surface area contributed by atoms with Gasteiger partial charge in [0.1, 0.15) is 0 Å². The molecule has 0 bridgehead atoms. The van der Waals surface area contributed by atoms with Crippen molar-refractivity contribution in [3.8, 4) is 11.4 Å². The van der Waals surface area contributed by atoms with Crippen LogP contribution in [0.3, 0.4) is 0 Å². The summed E-state index contributed by atoms with van der Waals surface area (Å²) < 4.78 is 43.6. The number of benzene rings is 2. The molecule has 1 fully saturated rings. The summed E-state index contributed by atoms with van der Waals surface area (Å²) in [5.74, 6) is 0.962. The molecule has 1 unspecified atom stereocenters. The number of likely N-dealkylation sites (tertiary alicyclic amines) is 1.